The second-order valence-corrected chi connectivity index (χ2v) is 5.45. The average molecular weight is 303 g/mol. The summed E-state index contributed by atoms with van der Waals surface area (Å²) in [7, 11) is 4.54. The molecule has 0 aliphatic heterocycles. The summed E-state index contributed by atoms with van der Waals surface area (Å²) in [5, 5.41) is 1.13. The van der Waals surface area contributed by atoms with Crippen LogP contribution in [0.4, 0.5) is 0 Å². The van der Waals surface area contributed by atoms with E-state index in [4.69, 9.17) is 9.47 Å². The number of ether oxygens (including phenoxy) is 2. The van der Waals surface area contributed by atoms with E-state index in [1.54, 1.807) is 0 Å². The number of para-hydroxylation sites is 1. The first-order valence-electron chi connectivity index (χ1n) is 7.19. The van der Waals surface area contributed by atoms with Crippen molar-refractivity contribution in [3.63, 3.8) is 0 Å². The summed E-state index contributed by atoms with van der Waals surface area (Å²) < 4.78 is 11.5. The molecule has 2 rings (SSSR count). The monoisotopic (exact) mass is 303 g/mol. The molecule has 1 aromatic carbocycles. The van der Waals surface area contributed by atoms with E-state index < -0.39 is 17.9 Å². The van der Waals surface area contributed by atoms with Gasteiger partial charge in [-0.15, -0.1) is 0 Å². The Hall–Kier alpha value is -2.30. The highest BCUT2D eigenvalue weighted by molar-refractivity contribution is 5.95. The molecule has 0 saturated heterocycles. The Morgan fingerprint density at radius 2 is 1.73 bits per heavy atom. The molecule has 0 radical (unpaired) electrons. The maximum atomic E-state index is 11.8. The number of benzene rings is 1. The van der Waals surface area contributed by atoms with Gasteiger partial charge >= 0.3 is 11.9 Å². The SMILES string of the molecule is COC(=O)C(CC(C)c1cn(C)c2ccccc12)C(=O)OC. The lowest BCUT2D eigenvalue weighted by molar-refractivity contribution is -0.159. The fourth-order valence-electron chi connectivity index (χ4n) is 2.82. The fourth-order valence-corrected chi connectivity index (χ4v) is 2.82. The first-order valence-corrected chi connectivity index (χ1v) is 7.19. The molecule has 5 nitrogen and oxygen atoms in total. The number of carbonyl (C=O) groups is 2. The average Bonchev–Trinajstić information content (AvgIpc) is 2.88. The number of carbonyl (C=O) groups excluding carboxylic acids is 2. The molecule has 2 aromatic rings. The molecule has 0 N–H and O–H groups in total. The Balaban J connectivity index is 2.31. The minimum atomic E-state index is -0.899. The van der Waals surface area contributed by atoms with Gasteiger partial charge in [-0.05, 0) is 24.0 Å². The molecular formula is C17H21NO4. The number of esters is 2. The highest BCUT2D eigenvalue weighted by atomic mass is 16.5. The van der Waals surface area contributed by atoms with Gasteiger partial charge in [0.2, 0.25) is 0 Å². The number of hydrogen-bond donors (Lipinski definition) is 0. The Kier molecular flexibility index (Phi) is 4.85. The van der Waals surface area contributed by atoms with E-state index in [1.807, 2.05) is 49.0 Å². The maximum absolute atomic E-state index is 11.8. The largest absolute Gasteiger partial charge is 0.468 e. The van der Waals surface area contributed by atoms with Crippen LogP contribution in [0.5, 0.6) is 0 Å². The van der Waals surface area contributed by atoms with E-state index >= 15 is 0 Å². The number of aryl methyl sites for hydroxylation is 1. The third-order valence-corrected chi connectivity index (χ3v) is 4.02. The van der Waals surface area contributed by atoms with Crippen LogP contribution in [-0.4, -0.2) is 30.7 Å². The molecular weight excluding hydrogens is 282 g/mol. The molecule has 1 heterocycles. The van der Waals surface area contributed by atoms with Crippen LogP contribution < -0.4 is 0 Å². The third kappa shape index (κ3) is 2.98. The number of methoxy groups -OCH3 is 2. The molecule has 0 spiro atoms. The Morgan fingerprint density at radius 3 is 2.32 bits per heavy atom. The van der Waals surface area contributed by atoms with Crippen LogP contribution in [-0.2, 0) is 26.1 Å². The van der Waals surface area contributed by atoms with Crippen LogP contribution in [0.15, 0.2) is 30.5 Å². The predicted octanol–water partition coefficient (Wildman–Crippen LogP) is 2.63. The van der Waals surface area contributed by atoms with Gasteiger partial charge in [0.05, 0.1) is 14.2 Å². The van der Waals surface area contributed by atoms with Gasteiger partial charge < -0.3 is 14.0 Å². The van der Waals surface area contributed by atoms with Gasteiger partial charge in [-0.2, -0.15) is 0 Å². The molecule has 118 valence electrons. The van der Waals surface area contributed by atoms with Crippen molar-refractivity contribution in [3.05, 3.63) is 36.0 Å². The fraction of sp³-hybridized carbons (Fsp3) is 0.412. The van der Waals surface area contributed by atoms with Gasteiger partial charge in [0.15, 0.2) is 5.92 Å². The van der Waals surface area contributed by atoms with Crippen molar-refractivity contribution in [1.29, 1.82) is 0 Å². The molecule has 1 unspecified atom stereocenters. The van der Waals surface area contributed by atoms with Crippen LogP contribution in [0.1, 0.15) is 24.8 Å². The van der Waals surface area contributed by atoms with E-state index in [-0.39, 0.29) is 5.92 Å². The molecule has 0 fully saturated rings. The van der Waals surface area contributed by atoms with E-state index in [2.05, 4.69) is 0 Å². The molecule has 0 bridgehead atoms. The van der Waals surface area contributed by atoms with E-state index in [1.165, 1.54) is 14.2 Å². The van der Waals surface area contributed by atoms with Crippen molar-refractivity contribution < 1.29 is 19.1 Å². The minimum Gasteiger partial charge on any atom is -0.468 e. The van der Waals surface area contributed by atoms with Crippen molar-refractivity contribution in [2.75, 3.05) is 14.2 Å². The summed E-state index contributed by atoms with van der Waals surface area (Å²) in [6.07, 6.45) is 2.40. The van der Waals surface area contributed by atoms with Gasteiger partial charge in [-0.3, -0.25) is 9.59 Å². The predicted molar refractivity (Wildman–Crippen MR) is 83.5 cm³/mol. The van der Waals surface area contributed by atoms with Gasteiger partial charge in [-0.1, -0.05) is 25.1 Å². The van der Waals surface area contributed by atoms with Crippen molar-refractivity contribution in [3.8, 4) is 0 Å². The molecule has 0 aliphatic rings. The van der Waals surface area contributed by atoms with Gasteiger partial charge in [-0.25, -0.2) is 0 Å². The quantitative estimate of drug-likeness (QED) is 0.629. The van der Waals surface area contributed by atoms with Crippen LogP contribution >= 0.6 is 0 Å². The van der Waals surface area contributed by atoms with Crippen LogP contribution in [0.3, 0.4) is 0 Å². The molecule has 1 aromatic heterocycles. The number of rotatable bonds is 5. The lowest BCUT2D eigenvalue weighted by Gasteiger charge is -2.17. The summed E-state index contributed by atoms with van der Waals surface area (Å²) in [5.74, 6) is -1.99. The van der Waals surface area contributed by atoms with Crippen molar-refractivity contribution in [2.24, 2.45) is 13.0 Å². The number of aromatic nitrogens is 1. The lowest BCUT2D eigenvalue weighted by Crippen LogP contribution is -2.27. The van der Waals surface area contributed by atoms with Crippen LogP contribution in [0, 0.1) is 5.92 Å². The summed E-state index contributed by atoms with van der Waals surface area (Å²) in [4.78, 5) is 23.6. The van der Waals surface area contributed by atoms with Crippen LogP contribution in [0.25, 0.3) is 10.9 Å². The summed E-state index contributed by atoms with van der Waals surface area (Å²) in [6, 6.07) is 8.06. The van der Waals surface area contributed by atoms with Crippen molar-refractivity contribution >= 4 is 22.8 Å². The Morgan fingerprint density at radius 1 is 1.14 bits per heavy atom. The zero-order valence-corrected chi connectivity index (χ0v) is 13.3. The Labute approximate surface area is 129 Å². The molecule has 5 heteroatoms. The molecule has 0 saturated carbocycles. The Bertz CT molecular complexity index is 673. The highest BCUT2D eigenvalue weighted by Gasteiger charge is 2.31. The molecule has 0 amide bonds. The first-order chi connectivity index (χ1) is 10.5. The zero-order valence-electron chi connectivity index (χ0n) is 13.3. The van der Waals surface area contributed by atoms with E-state index in [0.717, 1.165) is 16.5 Å². The smallest absolute Gasteiger partial charge is 0.320 e. The summed E-state index contributed by atoms with van der Waals surface area (Å²) >= 11 is 0. The highest BCUT2D eigenvalue weighted by Crippen LogP contribution is 2.31. The molecule has 1 atom stereocenters. The first kappa shape index (κ1) is 16.1. The van der Waals surface area contributed by atoms with Crippen LogP contribution in [0.2, 0.25) is 0 Å². The molecule has 22 heavy (non-hydrogen) atoms. The maximum Gasteiger partial charge on any atom is 0.320 e. The van der Waals surface area contributed by atoms with Gasteiger partial charge in [0, 0.05) is 24.1 Å². The van der Waals surface area contributed by atoms with E-state index in [0.29, 0.717) is 6.42 Å². The summed E-state index contributed by atoms with van der Waals surface area (Å²) in [5.41, 5.74) is 2.23. The standard InChI is InChI=1S/C17H21NO4/c1-11(9-13(16(19)21-3)17(20)22-4)14-10-18(2)15-8-6-5-7-12(14)15/h5-8,10-11,13H,9H2,1-4H3. The van der Waals surface area contributed by atoms with Crippen molar-refractivity contribution in [1.82, 2.24) is 4.57 Å². The normalized spacial score (nSPS) is 12.4. The minimum absolute atomic E-state index is 0.0225. The third-order valence-electron chi connectivity index (χ3n) is 4.02. The second-order valence-electron chi connectivity index (χ2n) is 5.45. The molecule has 0 aliphatic carbocycles. The van der Waals surface area contributed by atoms with Crippen molar-refractivity contribution in [2.45, 2.75) is 19.3 Å². The lowest BCUT2D eigenvalue weighted by atomic mass is 9.90. The van der Waals surface area contributed by atoms with E-state index in [9.17, 15) is 9.59 Å². The number of nitrogens with zero attached hydrogens (tertiary/aromatic N) is 1. The zero-order chi connectivity index (χ0) is 16.3. The second kappa shape index (κ2) is 6.64. The number of hydrogen-bond acceptors (Lipinski definition) is 4. The topological polar surface area (TPSA) is 57.5 Å². The van der Waals surface area contributed by atoms with Gasteiger partial charge in [0.1, 0.15) is 0 Å². The summed E-state index contributed by atoms with van der Waals surface area (Å²) in [6.45, 7) is 2.00. The van der Waals surface area contributed by atoms with Gasteiger partial charge in [0.25, 0.3) is 0 Å². The number of fused-ring (bicyclic) bond motifs is 1.